The smallest absolute Gasteiger partial charge is 0.256 e. The van der Waals surface area contributed by atoms with E-state index < -0.39 is 0 Å². The highest BCUT2D eigenvalue weighted by Crippen LogP contribution is 2.34. The Hall–Kier alpha value is -2.41. The van der Waals surface area contributed by atoms with Crippen LogP contribution in [0.4, 0.5) is 11.5 Å². The van der Waals surface area contributed by atoms with Gasteiger partial charge in [-0.1, -0.05) is 0 Å². The zero-order chi connectivity index (χ0) is 16.0. The molecule has 0 amide bonds. The predicted molar refractivity (Wildman–Crippen MR) is 87.5 cm³/mol. The number of aromatic nitrogens is 3. The number of carbonyl (C=O) groups excluding carboxylic acids is 1. The van der Waals surface area contributed by atoms with E-state index in [1.165, 1.54) is 4.68 Å². The summed E-state index contributed by atoms with van der Waals surface area (Å²) in [5.41, 5.74) is 11.0. The van der Waals surface area contributed by atoms with Crippen molar-refractivity contribution in [2.75, 3.05) is 24.1 Å². The SMILES string of the molecule is Cc1nccc2c1NCCC2C(=O)n1nc2c(c1N)CNCC2. The van der Waals surface area contributed by atoms with Crippen molar-refractivity contribution in [2.45, 2.75) is 32.2 Å². The molecule has 0 aromatic carbocycles. The van der Waals surface area contributed by atoms with Crippen molar-refractivity contribution in [1.82, 2.24) is 20.1 Å². The maximum absolute atomic E-state index is 13.1. The molecule has 23 heavy (non-hydrogen) atoms. The van der Waals surface area contributed by atoms with Crippen LogP contribution >= 0.6 is 0 Å². The molecule has 2 aromatic rings. The number of aryl methyl sites for hydroxylation is 1. The highest BCUT2D eigenvalue weighted by molar-refractivity contribution is 5.90. The van der Waals surface area contributed by atoms with Crippen LogP contribution in [0.25, 0.3) is 0 Å². The molecule has 0 saturated heterocycles. The predicted octanol–water partition coefficient (Wildman–Crippen LogP) is 1.05. The number of nitrogens with one attached hydrogen (secondary N) is 2. The first-order chi connectivity index (χ1) is 11.2. The van der Waals surface area contributed by atoms with Crippen LogP contribution in [0.5, 0.6) is 0 Å². The molecule has 7 heteroatoms. The Balaban J connectivity index is 1.74. The first-order valence-electron chi connectivity index (χ1n) is 7.97. The van der Waals surface area contributed by atoms with E-state index in [-0.39, 0.29) is 11.8 Å². The first-order valence-corrected chi connectivity index (χ1v) is 7.97. The average Bonchev–Trinajstić information content (AvgIpc) is 2.92. The molecule has 1 atom stereocenters. The molecule has 0 saturated carbocycles. The maximum Gasteiger partial charge on any atom is 0.256 e. The largest absolute Gasteiger partial charge is 0.383 e. The van der Waals surface area contributed by atoms with Gasteiger partial charge in [-0.05, 0) is 25.0 Å². The second kappa shape index (κ2) is 5.34. The molecule has 7 nitrogen and oxygen atoms in total. The van der Waals surface area contributed by atoms with Gasteiger partial charge in [0.15, 0.2) is 0 Å². The van der Waals surface area contributed by atoms with Crippen molar-refractivity contribution in [1.29, 1.82) is 0 Å². The molecule has 4 rings (SSSR count). The van der Waals surface area contributed by atoms with Gasteiger partial charge in [0.2, 0.25) is 0 Å². The average molecular weight is 312 g/mol. The number of hydrogen-bond acceptors (Lipinski definition) is 6. The molecule has 0 spiro atoms. The summed E-state index contributed by atoms with van der Waals surface area (Å²) < 4.78 is 1.41. The topological polar surface area (TPSA) is 97.9 Å². The third kappa shape index (κ3) is 2.19. The zero-order valence-corrected chi connectivity index (χ0v) is 13.1. The molecule has 120 valence electrons. The Bertz CT molecular complexity index is 781. The Morgan fingerprint density at radius 1 is 1.43 bits per heavy atom. The van der Waals surface area contributed by atoms with Crippen LogP contribution in [-0.2, 0) is 13.0 Å². The van der Waals surface area contributed by atoms with Crippen molar-refractivity contribution in [3.8, 4) is 0 Å². The highest BCUT2D eigenvalue weighted by atomic mass is 16.2. The van der Waals surface area contributed by atoms with Gasteiger partial charge in [-0.3, -0.25) is 9.78 Å². The fourth-order valence-electron chi connectivity index (χ4n) is 3.50. The van der Waals surface area contributed by atoms with Gasteiger partial charge in [0.25, 0.3) is 5.91 Å². The van der Waals surface area contributed by atoms with E-state index in [2.05, 4.69) is 20.7 Å². The Labute approximate surface area is 134 Å². The Kier molecular flexibility index (Phi) is 3.30. The number of nitrogens with two attached hydrogens (primary N) is 1. The number of rotatable bonds is 1. The van der Waals surface area contributed by atoms with Crippen molar-refractivity contribution < 1.29 is 4.79 Å². The van der Waals surface area contributed by atoms with Crippen molar-refractivity contribution in [3.05, 3.63) is 34.8 Å². The van der Waals surface area contributed by atoms with E-state index in [9.17, 15) is 4.79 Å². The van der Waals surface area contributed by atoms with Gasteiger partial charge in [0, 0.05) is 37.8 Å². The van der Waals surface area contributed by atoms with Crippen LogP contribution in [0.2, 0.25) is 0 Å². The van der Waals surface area contributed by atoms with Crippen LogP contribution in [0.3, 0.4) is 0 Å². The molecule has 4 N–H and O–H groups in total. The second-order valence-corrected chi connectivity index (χ2v) is 6.12. The Morgan fingerprint density at radius 3 is 3.13 bits per heavy atom. The number of carbonyl (C=O) groups is 1. The number of pyridine rings is 1. The summed E-state index contributed by atoms with van der Waals surface area (Å²) >= 11 is 0. The van der Waals surface area contributed by atoms with Gasteiger partial charge < -0.3 is 16.4 Å². The summed E-state index contributed by atoms with van der Waals surface area (Å²) in [6, 6.07) is 1.91. The quantitative estimate of drug-likeness (QED) is 0.728. The molecule has 0 aliphatic carbocycles. The lowest BCUT2D eigenvalue weighted by atomic mass is 9.90. The van der Waals surface area contributed by atoms with Crippen LogP contribution in [0, 0.1) is 6.92 Å². The minimum atomic E-state index is -0.232. The molecule has 0 bridgehead atoms. The van der Waals surface area contributed by atoms with Crippen LogP contribution in [0.1, 0.15) is 39.6 Å². The van der Waals surface area contributed by atoms with E-state index >= 15 is 0 Å². The zero-order valence-electron chi connectivity index (χ0n) is 13.1. The van der Waals surface area contributed by atoms with E-state index in [0.29, 0.717) is 12.4 Å². The summed E-state index contributed by atoms with van der Waals surface area (Å²) in [5.74, 6) is 0.192. The summed E-state index contributed by atoms with van der Waals surface area (Å²) in [4.78, 5) is 17.4. The molecule has 2 aliphatic heterocycles. The standard InChI is InChI=1S/C16H20N6O/c1-9-14-10(2-6-19-9)11(3-7-20-14)16(23)22-15(17)12-8-18-5-4-13(12)21-22/h2,6,11,18,20H,3-5,7-8,17H2,1H3. The van der Waals surface area contributed by atoms with Gasteiger partial charge >= 0.3 is 0 Å². The van der Waals surface area contributed by atoms with Gasteiger partial charge in [-0.15, -0.1) is 0 Å². The van der Waals surface area contributed by atoms with Crippen LogP contribution in [0.15, 0.2) is 12.3 Å². The summed E-state index contributed by atoms with van der Waals surface area (Å²) in [6.45, 7) is 4.25. The lowest BCUT2D eigenvalue weighted by Gasteiger charge is -2.26. The molecular weight excluding hydrogens is 292 g/mol. The summed E-state index contributed by atoms with van der Waals surface area (Å²) in [6.07, 6.45) is 3.30. The van der Waals surface area contributed by atoms with E-state index in [4.69, 9.17) is 5.73 Å². The fraction of sp³-hybridized carbons (Fsp3) is 0.438. The highest BCUT2D eigenvalue weighted by Gasteiger charge is 2.31. The van der Waals surface area contributed by atoms with Gasteiger partial charge in [0.1, 0.15) is 5.82 Å². The third-order valence-electron chi connectivity index (χ3n) is 4.74. The first kappa shape index (κ1) is 14.2. The molecule has 1 unspecified atom stereocenters. The molecule has 0 fully saturated rings. The number of nitrogen functional groups attached to an aromatic ring is 1. The minimum Gasteiger partial charge on any atom is -0.383 e. The lowest BCUT2D eigenvalue weighted by molar-refractivity contribution is 0.0859. The number of fused-ring (bicyclic) bond motifs is 2. The van der Waals surface area contributed by atoms with Crippen LogP contribution < -0.4 is 16.4 Å². The molecule has 4 heterocycles. The summed E-state index contributed by atoms with van der Waals surface area (Å²) in [7, 11) is 0. The van der Waals surface area contributed by atoms with E-state index in [1.54, 1.807) is 6.20 Å². The summed E-state index contributed by atoms with van der Waals surface area (Å²) in [5, 5.41) is 11.1. The minimum absolute atomic E-state index is 0.0507. The number of hydrogen-bond donors (Lipinski definition) is 3. The van der Waals surface area contributed by atoms with Crippen molar-refractivity contribution in [2.24, 2.45) is 0 Å². The fourth-order valence-corrected chi connectivity index (χ4v) is 3.50. The molecule has 2 aromatic heterocycles. The van der Waals surface area contributed by atoms with Crippen LogP contribution in [-0.4, -0.2) is 33.8 Å². The van der Waals surface area contributed by atoms with E-state index in [0.717, 1.165) is 54.1 Å². The number of anilines is 2. The molecule has 2 aliphatic rings. The maximum atomic E-state index is 13.1. The van der Waals surface area contributed by atoms with Crippen molar-refractivity contribution >= 4 is 17.4 Å². The molecular formula is C16H20N6O. The van der Waals surface area contributed by atoms with Gasteiger partial charge in [-0.2, -0.15) is 9.78 Å². The normalized spacial score (nSPS) is 19.6. The lowest BCUT2D eigenvalue weighted by Crippen LogP contribution is -2.29. The van der Waals surface area contributed by atoms with Gasteiger partial charge in [0.05, 0.1) is 23.0 Å². The monoisotopic (exact) mass is 312 g/mol. The van der Waals surface area contributed by atoms with E-state index in [1.807, 2.05) is 13.0 Å². The second-order valence-electron chi connectivity index (χ2n) is 6.12. The number of nitrogens with zero attached hydrogens (tertiary/aromatic N) is 3. The molecule has 0 radical (unpaired) electrons. The Morgan fingerprint density at radius 2 is 2.30 bits per heavy atom. The van der Waals surface area contributed by atoms with Gasteiger partial charge in [-0.25, -0.2) is 0 Å². The third-order valence-corrected chi connectivity index (χ3v) is 4.74. The van der Waals surface area contributed by atoms with Crippen molar-refractivity contribution in [3.63, 3.8) is 0 Å².